The maximum Gasteiger partial charge on any atom is 0.236 e. The van der Waals surface area contributed by atoms with E-state index in [1.165, 1.54) is 23.1 Å². The van der Waals surface area contributed by atoms with Crippen LogP contribution in [0.5, 0.6) is 0 Å². The fourth-order valence-electron chi connectivity index (χ4n) is 2.34. The monoisotopic (exact) mass is 368 g/mol. The van der Waals surface area contributed by atoms with Gasteiger partial charge in [-0.15, -0.1) is 11.3 Å². The highest BCUT2D eigenvalue weighted by atomic mass is 32.2. The molecule has 0 aliphatic rings. The zero-order valence-electron chi connectivity index (χ0n) is 14.1. The number of aryl methyl sites for hydroxylation is 3. The molecule has 0 aliphatic heterocycles. The highest BCUT2D eigenvalue weighted by Crippen LogP contribution is 2.27. The number of benzene rings is 1. The van der Waals surface area contributed by atoms with Gasteiger partial charge in [-0.1, -0.05) is 30.0 Å². The van der Waals surface area contributed by atoms with Gasteiger partial charge in [0.2, 0.25) is 5.91 Å². The molecule has 2 heterocycles. The molecule has 3 rings (SSSR count). The Morgan fingerprint density at radius 1 is 1.32 bits per heavy atom. The first-order valence-corrected chi connectivity index (χ1v) is 9.45. The highest BCUT2D eigenvalue weighted by Gasteiger charge is 2.13. The molecule has 0 saturated heterocycles. The predicted molar refractivity (Wildman–Crippen MR) is 102 cm³/mol. The number of para-hydroxylation sites is 1. The van der Waals surface area contributed by atoms with Gasteiger partial charge in [0.1, 0.15) is 11.1 Å². The van der Waals surface area contributed by atoms with Crippen molar-refractivity contribution in [3.63, 3.8) is 0 Å². The van der Waals surface area contributed by atoms with Crippen molar-refractivity contribution >= 4 is 45.0 Å². The summed E-state index contributed by atoms with van der Waals surface area (Å²) < 4.78 is 0. The number of thioether (sulfide) groups is 1. The van der Waals surface area contributed by atoms with Crippen molar-refractivity contribution in [3.05, 3.63) is 46.0 Å². The number of rotatable bonds is 4. The Morgan fingerprint density at radius 3 is 2.80 bits per heavy atom. The quantitative estimate of drug-likeness (QED) is 0.698. The van der Waals surface area contributed by atoms with Crippen LogP contribution in [0.2, 0.25) is 0 Å². The van der Waals surface area contributed by atoms with Gasteiger partial charge in [-0.2, -0.15) is 5.26 Å². The first kappa shape index (κ1) is 17.4. The van der Waals surface area contributed by atoms with Crippen LogP contribution in [0, 0.1) is 32.1 Å². The normalized spacial score (nSPS) is 10.6. The van der Waals surface area contributed by atoms with Gasteiger partial charge in [0.25, 0.3) is 0 Å². The lowest BCUT2D eigenvalue weighted by Gasteiger charge is -2.07. The fraction of sp³-hybridized carbons (Fsp3) is 0.222. The van der Waals surface area contributed by atoms with Crippen molar-refractivity contribution in [2.75, 3.05) is 11.1 Å². The summed E-state index contributed by atoms with van der Waals surface area (Å²) in [6, 6.07) is 9.85. The second-order valence-corrected chi connectivity index (χ2v) is 7.76. The average Bonchev–Trinajstić information content (AvgIpc) is 2.90. The van der Waals surface area contributed by atoms with E-state index in [0.717, 1.165) is 27.0 Å². The Bertz CT molecular complexity index is 985. The van der Waals surface area contributed by atoms with Crippen molar-refractivity contribution in [2.45, 2.75) is 25.8 Å². The van der Waals surface area contributed by atoms with Crippen LogP contribution in [0.4, 0.5) is 5.13 Å². The molecule has 0 radical (unpaired) electrons. The summed E-state index contributed by atoms with van der Waals surface area (Å²) in [6.07, 6.45) is 0. The number of carbonyl (C=O) groups excluding carboxylic acids is 1. The molecule has 25 heavy (non-hydrogen) atoms. The van der Waals surface area contributed by atoms with Crippen LogP contribution < -0.4 is 5.32 Å². The van der Waals surface area contributed by atoms with Crippen molar-refractivity contribution in [1.29, 1.82) is 5.26 Å². The second-order valence-electron chi connectivity index (χ2n) is 5.60. The Labute approximate surface area is 154 Å². The largest absolute Gasteiger partial charge is 0.301 e. The third kappa shape index (κ3) is 3.81. The number of nitriles is 1. The first-order chi connectivity index (χ1) is 12.0. The van der Waals surface area contributed by atoms with Gasteiger partial charge in [0, 0.05) is 10.3 Å². The molecule has 0 atom stereocenters. The number of hydrogen-bond acceptors (Lipinski definition) is 6. The molecule has 1 amide bonds. The highest BCUT2D eigenvalue weighted by molar-refractivity contribution is 8.00. The molecule has 126 valence electrons. The molecule has 0 unspecified atom stereocenters. The van der Waals surface area contributed by atoms with Crippen LogP contribution in [0.3, 0.4) is 0 Å². The summed E-state index contributed by atoms with van der Waals surface area (Å²) in [5, 5.41) is 14.3. The summed E-state index contributed by atoms with van der Waals surface area (Å²) in [4.78, 5) is 22.1. The molecule has 1 N–H and O–H groups in total. The number of hydrogen-bond donors (Lipinski definition) is 1. The summed E-state index contributed by atoms with van der Waals surface area (Å²) >= 11 is 2.72. The molecule has 0 saturated carbocycles. The topological polar surface area (TPSA) is 78.7 Å². The molecule has 5 nitrogen and oxygen atoms in total. The van der Waals surface area contributed by atoms with Crippen molar-refractivity contribution in [2.24, 2.45) is 0 Å². The summed E-state index contributed by atoms with van der Waals surface area (Å²) in [6.45, 7) is 5.87. The molecule has 0 aliphatic carbocycles. The number of carbonyl (C=O) groups is 1. The van der Waals surface area contributed by atoms with Crippen LogP contribution in [0.1, 0.15) is 21.7 Å². The smallest absolute Gasteiger partial charge is 0.236 e. The maximum atomic E-state index is 12.2. The van der Waals surface area contributed by atoms with Crippen LogP contribution in [-0.2, 0) is 4.79 Å². The number of aromatic nitrogens is 2. The van der Waals surface area contributed by atoms with Crippen LogP contribution in [-0.4, -0.2) is 21.6 Å². The number of thiazole rings is 1. The third-order valence-electron chi connectivity index (χ3n) is 3.75. The van der Waals surface area contributed by atoms with E-state index in [1.54, 1.807) is 0 Å². The van der Waals surface area contributed by atoms with Gasteiger partial charge in [-0.25, -0.2) is 9.97 Å². The van der Waals surface area contributed by atoms with Gasteiger partial charge in [-0.05, 0) is 32.4 Å². The van der Waals surface area contributed by atoms with Crippen molar-refractivity contribution in [3.8, 4) is 6.07 Å². The van der Waals surface area contributed by atoms with E-state index in [0.29, 0.717) is 15.7 Å². The first-order valence-electron chi connectivity index (χ1n) is 7.65. The molecule has 0 spiro atoms. The third-order valence-corrected chi connectivity index (χ3v) is 5.73. The zero-order chi connectivity index (χ0) is 18.0. The molecular weight excluding hydrogens is 352 g/mol. The van der Waals surface area contributed by atoms with Gasteiger partial charge in [0.15, 0.2) is 5.13 Å². The minimum atomic E-state index is -0.158. The molecule has 0 fully saturated rings. The summed E-state index contributed by atoms with van der Waals surface area (Å²) in [5.41, 5.74) is 3.31. The van der Waals surface area contributed by atoms with E-state index in [2.05, 4.69) is 21.4 Å². The number of anilines is 1. The summed E-state index contributed by atoms with van der Waals surface area (Å²) in [5.74, 6) is 0.0193. The Kier molecular flexibility index (Phi) is 5.02. The van der Waals surface area contributed by atoms with E-state index in [-0.39, 0.29) is 11.7 Å². The molecule has 2 aromatic heterocycles. The Morgan fingerprint density at radius 2 is 2.12 bits per heavy atom. The van der Waals surface area contributed by atoms with Crippen LogP contribution >= 0.6 is 23.1 Å². The lowest BCUT2D eigenvalue weighted by molar-refractivity contribution is -0.113. The lowest BCUT2D eigenvalue weighted by atomic mass is 10.1. The number of fused-ring (bicyclic) bond motifs is 1. The lowest BCUT2D eigenvalue weighted by Crippen LogP contribution is -2.14. The van der Waals surface area contributed by atoms with Crippen LogP contribution in [0.15, 0.2) is 29.3 Å². The molecule has 3 aromatic rings. The Balaban J connectivity index is 1.77. The van der Waals surface area contributed by atoms with E-state index in [4.69, 9.17) is 0 Å². The van der Waals surface area contributed by atoms with Gasteiger partial charge < -0.3 is 5.32 Å². The molecular formula is C18H16N4OS2. The zero-order valence-corrected chi connectivity index (χ0v) is 15.7. The number of nitrogens with one attached hydrogen (secondary N) is 1. The minimum absolute atomic E-state index is 0.158. The van der Waals surface area contributed by atoms with Crippen molar-refractivity contribution in [1.82, 2.24) is 9.97 Å². The SMILES string of the molecule is Cc1nc(NC(=O)CSc2nc3c(C)cccc3cc2C#N)sc1C. The predicted octanol–water partition coefficient (Wildman–Crippen LogP) is 4.22. The van der Waals surface area contributed by atoms with Gasteiger partial charge >= 0.3 is 0 Å². The average molecular weight is 368 g/mol. The molecule has 7 heteroatoms. The van der Waals surface area contributed by atoms with E-state index >= 15 is 0 Å². The second kappa shape index (κ2) is 7.21. The minimum Gasteiger partial charge on any atom is -0.301 e. The number of pyridine rings is 1. The summed E-state index contributed by atoms with van der Waals surface area (Å²) in [7, 11) is 0. The molecule has 0 bridgehead atoms. The Hall–Kier alpha value is -2.43. The molecule has 1 aromatic carbocycles. The number of amides is 1. The van der Waals surface area contributed by atoms with E-state index in [1.807, 2.05) is 45.0 Å². The van der Waals surface area contributed by atoms with Gasteiger partial charge in [-0.3, -0.25) is 4.79 Å². The van der Waals surface area contributed by atoms with E-state index < -0.39 is 0 Å². The van der Waals surface area contributed by atoms with Crippen LogP contribution in [0.25, 0.3) is 10.9 Å². The fourth-order valence-corrected chi connectivity index (χ4v) is 3.92. The van der Waals surface area contributed by atoms with Gasteiger partial charge in [0.05, 0.1) is 22.5 Å². The number of nitrogens with zero attached hydrogens (tertiary/aromatic N) is 3. The van der Waals surface area contributed by atoms with Crippen molar-refractivity contribution < 1.29 is 4.79 Å². The maximum absolute atomic E-state index is 12.2. The standard InChI is InChI=1S/C18H16N4OS2/c1-10-5-4-6-13-7-14(8-19)17(22-16(10)13)24-9-15(23)21-18-20-11(2)12(3)25-18/h4-7H,9H2,1-3H3,(H,20,21,23). The van der Waals surface area contributed by atoms with E-state index in [9.17, 15) is 10.1 Å².